The van der Waals surface area contributed by atoms with Gasteiger partial charge in [0.1, 0.15) is 0 Å². The Morgan fingerprint density at radius 2 is 2.09 bits per heavy atom. The highest BCUT2D eigenvalue weighted by molar-refractivity contribution is 4.73. The Bertz CT molecular complexity index is 99.7. The van der Waals surface area contributed by atoms with Gasteiger partial charge in [0, 0.05) is 0 Å². The summed E-state index contributed by atoms with van der Waals surface area (Å²) in [6.45, 7) is 8.21. The van der Waals surface area contributed by atoms with Crippen LogP contribution in [0.1, 0.15) is 26.7 Å². The summed E-state index contributed by atoms with van der Waals surface area (Å²) in [4.78, 5) is 0. The molecule has 0 bridgehead atoms. The Labute approximate surface area is 69.3 Å². The van der Waals surface area contributed by atoms with Gasteiger partial charge in [-0.25, -0.2) is 0 Å². The van der Waals surface area contributed by atoms with Crippen LogP contribution in [0.3, 0.4) is 0 Å². The average molecular weight is 156 g/mol. The van der Waals surface area contributed by atoms with Crippen molar-refractivity contribution in [2.75, 3.05) is 13.1 Å². The smallest absolute Gasteiger partial charge is 0.0809 e. The summed E-state index contributed by atoms with van der Waals surface area (Å²) in [5, 5.41) is 3.35. The number of nitrogens with one attached hydrogen (secondary N) is 1. The van der Waals surface area contributed by atoms with E-state index in [1.165, 1.54) is 12.8 Å². The van der Waals surface area contributed by atoms with Crippen LogP contribution in [0.25, 0.3) is 0 Å². The van der Waals surface area contributed by atoms with Crippen LogP contribution in [0.2, 0.25) is 0 Å². The fraction of sp³-hybridized carbons (Fsp3) is 0.889. The lowest BCUT2D eigenvalue weighted by molar-refractivity contribution is 0.0589. The Hall–Kier alpha value is -0.0800. The van der Waals surface area contributed by atoms with Gasteiger partial charge in [0.2, 0.25) is 0 Å². The third-order valence-electron chi connectivity index (χ3n) is 2.40. The van der Waals surface area contributed by atoms with Crippen molar-refractivity contribution in [2.24, 2.45) is 5.92 Å². The zero-order valence-corrected chi connectivity index (χ0v) is 7.47. The summed E-state index contributed by atoms with van der Waals surface area (Å²) in [7, 11) is 0. The Morgan fingerprint density at radius 3 is 2.64 bits per heavy atom. The molecule has 1 fully saturated rings. The molecule has 1 N–H and O–H groups in total. The molecule has 0 saturated carbocycles. The quantitative estimate of drug-likeness (QED) is 0.669. The van der Waals surface area contributed by atoms with Crippen LogP contribution in [0.5, 0.6) is 0 Å². The number of hydrogen-bond donors (Lipinski definition) is 1. The van der Waals surface area contributed by atoms with Crippen molar-refractivity contribution in [1.82, 2.24) is 5.32 Å². The first-order chi connectivity index (χ1) is 5.34. The second-order valence-corrected chi connectivity index (χ2v) is 3.16. The number of hydrogen-bond acceptors (Lipinski definition) is 2. The van der Waals surface area contributed by atoms with Crippen LogP contribution in [0.15, 0.2) is 0 Å². The Balaban J connectivity index is 2.21. The van der Waals surface area contributed by atoms with Gasteiger partial charge in [-0.05, 0) is 45.7 Å². The van der Waals surface area contributed by atoms with Gasteiger partial charge in [-0.15, -0.1) is 0 Å². The molecular formula is C9H18NO. The molecule has 65 valence electrons. The van der Waals surface area contributed by atoms with Gasteiger partial charge in [0.05, 0.1) is 12.7 Å². The van der Waals surface area contributed by atoms with Crippen molar-refractivity contribution in [3.63, 3.8) is 0 Å². The van der Waals surface area contributed by atoms with Crippen LogP contribution < -0.4 is 5.32 Å². The zero-order valence-electron chi connectivity index (χ0n) is 7.47. The standard InChI is InChI=1S/C9H18NO/c1-3-11-8(2)9-4-6-10-7-5-9/h3,8-10H,4-7H2,1-2H3. The predicted octanol–water partition coefficient (Wildman–Crippen LogP) is 1.57. The Kier molecular flexibility index (Phi) is 3.87. The fourth-order valence-electron chi connectivity index (χ4n) is 1.64. The second kappa shape index (κ2) is 4.73. The molecule has 0 aromatic rings. The monoisotopic (exact) mass is 156 g/mol. The van der Waals surface area contributed by atoms with E-state index in [9.17, 15) is 0 Å². The minimum Gasteiger partial charge on any atom is -0.373 e. The molecule has 1 saturated heterocycles. The van der Waals surface area contributed by atoms with Crippen LogP contribution in [0.4, 0.5) is 0 Å². The van der Waals surface area contributed by atoms with E-state index in [0.29, 0.717) is 6.10 Å². The molecule has 1 rings (SSSR count). The van der Waals surface area contributed by atoms with Gasteiger partial charge in [-0.1, -0.05) is 0 Å². The van der Waals surface area contributed by atoms with Crippen LogP contribution in [0, 0.1) is 12.5 Å². The van der Waals surface area contributed by atoms with Crippen LogP contribution in [-0.4, -0.2) is 19.2 Å². The van der Waals surface area contributed by atoms with Crippen molar-refractivity contribution < 1.29 is 4.74 Å². The summed E-state index contributed by atoms with van der Waals surface area (Å²) >= 11 is 0. The minimum absolute atomic E-state index is 0.405. The SMILES string of the molecule is C[CH]OC(C)C1CCNCC1. The first-order valence-corrected chi connectivity index (χ1v) is 4.48. The van der Waals surface area contributed by atoms with E-state index in [-0.39, 0.29) is 0 Å². The molecule has 1 atom stereocenters. The maximum atomic E-state index is 5.43. The van der Waals surface area contributed by atoms with Gasteiger partial charge in [0.25, 0.3) is 0 Å². The normalized spacial score (nSPS) is 23.5. The maximum absolute atomic E-state index is 5.43. The second-order valence-electron chi connectivity index (χ2n) is 3.16. The van der Waals surface area contributed by atoms with E-state index in [1.54, 1.807) is 6.61 Å². The molecule has 1 unspecified atom stereocenters. The lowest BCUT2D eigenvalue weighted by Crippen LogP contribution is -2.33. The summed E-state index contributed by atoms with van der Waals surface area (Å²) in [5.41, 5.74) is 0. The summed E-state index contributed by atoms with van der Waals surface area (Å²) in [6.07, 6.45) is 2.92. The van der Waals surface area contributed by atoms with E-state index in [1.807, 2.05) is 6.92 Å². The molecule has 0 aromatic carbocycles. The van der Waals surface area contributed by atoms with E-state index in [2.05, 4.69) is 12.2 Å². The lowest BCUT2D eigenvalue weighted by Gasteiger charge is -2.27. The molecule has 1 heterocycles. The van der Waals surface area contributed by atoms with Crippen molar-refractivity contribution in [1.29, 1.82) is 0 Å². The third-order valence-corrected chi connectivity index (χ3v) is 2.40. The van der Waals surface area contributed by atoms with E-state index >= 15 is 0 Å². The van der Waals surface area contributed by atoms with Crippen molar-refractivity contribution in [2.45, 2.75) is 32.8 Å². The largest absolute Gasteiger partial charge is 0.373 e. The molecule has 1 aliphatic heterocycles. The molecule has 0 aromatic heterocycles. The lowest BCUT2D eigenvalue weighted by atomic mass is 9.93. The molecule has 0 amide bonds. The zero-order chi connectivity index (χ0) is 8.10. The van der Waals surface area contributed by atoms with E-state index in [4.69, 9.17) is 4.74 Å². The number of piperidine rings is 1. The molecule has 11 heavy (non-hydrogen) atoms. The first kappa shape index (κ1) is 9.01. The Morgan fingerprint density at radius 1 is 1.45 bits per heavy atom. The molecule has 0 spiro atoms. The average Bonchev–Trinajstić information content (AvgIpc) is 2.07. The highest BCUT2D eigenvalue weighted by Crippen LogP contribution is 2.18. The molecule has 1 radical (unpaired) electrons. The number of rotatable bonds is 3. The predicted molar refractivity (Wildman–Crippen MR) is 46.1 cm³/mol. The minimum atomic E-state index is 0.405. The fourth-order valence-corrected chi connectivity index (χ4v) is 1.64. The molecule has 2 nitrogen and oxygen atoms in total. The molecule has 1 aliphatic rings. The van der Waals surface area contributed by atoms with E-state index < -0.39 is 0 Å². The van der Waals surface area contributed by atoms with Gasteiger partial charge >= 0.3 is 0 Å². The molecule has 0 aliphatic carbocycles. The van der Waals surface area contributed by atoms with Gasteiger partial charge in [0.15, 0.2) is 0 Å². The van der Waals surface area contributed by atoms with Crippen molar-refractivity contribution >= 4 is 0 Å². The topological polar surface area (TPSA) is 21.3 Å². The van der Waals surface area contributed by atoms with Gasteiger partial charge < -0.3 is 10.1 Å². The van der Waals surface area contributed by atoms with Crippen LogP contribution >= 0.6 is 0 Å². The van der Waals surface area contributed by atoms with Gasteiger partial charge in [-0.2, -0.15) is 0 Å². The third kappa shape index (κ3) is 2.80. The molecule has 2 heteroatoms. The van der Waals surface area contributed by atoms with Crippen molar-refractivity contribution in [3.05, 3.63) is 6.61 Å². The highest BCUT2D eigenvalue weighted by Gasteiger charge is 2.19. The van der Waals surface area contributed by atoms with Crippen LogP contribution in [-0.2, 0) is 4.74 Å². The first-order valence-electron chi connectivity index (χ1n) is 4.48. The summed E-state index contributed by atoms with van der Waals surface area (Å²) in [5.74, 6) is 0.757. The van der Waals surface area contributed by atoms with Crippen molar-refractivity contribution in [3.8, 4) is 0 Å². The highest BCUT2D eigenvalue weighted by atomic mass is 16.5. The maximum Gasteiger partial charge on any atom is 0.0809 e. The molecular weight excluding hydrogens is 138 g/mol. The van der Waals surface area contributed by atoms with Gasteiger partial charge in [-0.3, -0.25) is 0 Å². The summed E-state index contributed by atoms with van der Waals surface area (Å²) in [6, 6.07) is 0. The summed E-state index contributed by atoms with van der Waals surface area (Å²) < 4.78 is 5.43. The number of ether oxygens (including phenoxy) is 1. The van der Waals surface area contributed by atoms with E-state index in [0.717, 1.165) is 19.0 Å².